The fraction of sp³-hybridized carbons (Fsp3) is 0.516. The van der Waals surface area contributed by atoms with Crippen LogP contribution in [-0.4, -0.2) is 45.4 Å². The minimum Gasteiger partial charge on any atom is -0.493 e. The van der Waals surface area contributed by atoms with Gasteiger partial charge >= 0.3 is 12.2 Å². The van der Waals surface area contributed by atoms with Gasteiger partial charge in [0, 0.05) is 11.3 Å². The molecular formula is C31H45N3O7Si. The Morgan fingerprint density at radius 2 is 1.74 bits per heavy atom. The third-order valence-electron chi connectivity index (χ3n) is 6.92. The SMILES string of the molecule is CC(C)(C)OC(=O)Nc1ccc(N=C=O)cc1CCCCOc1ccccc1[C@@H](CO[Si](C)(C)C(C)(C)C)OC(N)=O. The highest BCUT2D eigenvalue weighted by Gasteiger charge is 2.38. The van der Waals surface area contributed by atoms with Gasteiger partial charge in [-0.1, -0.05) is 39.0 Å². The molecule has 11 heteroatoms. The molecule has 1 atom stereocenters. The normalized spacial score (nSPS) is 12.6. The van der Waals surface area contributed by atoms with E-state index in [1.807, 2.05) is 24.3 Å². The summed E-state index contributed by atoms with van der Waals surface area (Å²) in [6.07, 6.45) is 1.37. The highest BCUT2D eigenvalue weighted by atomic mass is 28.4. The molecule has 2 aromatic rings. The smallest absolute Gasteiger partial charge is 0.412 e. The van der Waals surface area contributed by atoms with Gasteiger partial charge in [-0.25, -0.2) is 14.4 Å². The van der Waals surface area contributed by atoms with Crippen molar-refractivity contribution in [1.82, 2.24) is 0 Å². The fourth-order valence-electron chi connectivity index (χ4n) is 3.75. The lowest BCUT2D eigenvalue weighted by Crippen LogP contribution is -2.42. The van der Waals surface area contributed by atoms with Crippen molar-refractivity contribution >= 4 is 38.0 Å². The van der Waals surface area contributed by atoms with Crippen LogP contribution in [0, 0.1) is 0 Å². The van der Waals surface area contributed by atoms with E-state index in [2.05, 4.69) is 44.2 Å². The molecule has 0 aliphatic rings. The van der Waals surface area contributed by atoms with Crippen LogP contribution in [-0.2, 0) is 25.1 Å². The first-order valence-corrected chi connectivity index (χ1v) is 17.0. The third kappa shape index (κ3) is 11.3. The minimum absolute atomic E-state index is 0.0122. The Hall–Kier alpha value is -3.66. The molecule has 0 bridgehead atoms. The molecule has 0 aromatic heterocycles. The second-order valence-electron chi connectivity index (χ2n) is 12.5. The summed E-state index contributed by atoms with van der Waals surface area (Å²) in [5.74, 6) is 0.581. The van der Waals surface area contributed by atoms with Gasteiger partial charge in [0.25, 0.3) is 0 Å². The van der Waals surface area contributed by atoms with Crippen molar-refractivity contribution in [2.75, 3.05) is 18.5 Å². The van der Waals surface area contributed by atoms with E-state index >= 15 is 0 Å². The van der Waals surface area contributed by atoms with Crippen molar-refractivity contribution in [2.45, 2.75) is 90.6 Å². The minimum atomic E-state index is -2.11. The predicted molar refractivity (Wildman–Crippen MR) is 166 cm³/mol. The van der Waals surface area contributed by atoms with Gasteiger partial charge < -0.3 is 24.4 Å². The van der Waals surface area contributed by atoms with Gasteiger partial charge in [-0.2, -0.15) is 4.99 Å². The Balaban J connectivity index is 2.08. The van der Waals surface area contributed by atoms with E-state index in [1.165, 1.54) is 0 Å². The second kappa shape index (κ2) is 15.0. The zero-order valence-electron chi connectivity index (χ0n) is 26.0. The van der Waals surface area contributed by atoms with E-state index in [0.29, 0.717) is 42.1 Å². The first kappa shape index (κ1) is 34.5. The van der Waals surface area contributed by atoms with Crippen molar-refractivity contribution in [2.24, 2.45) is 10.7 Å². The standard InChI is InChI=1S/C31H45N3O7Si/c1-30(2,3)41-29(37)34-25-17-16-23(33-21-35)19-22(25)13-11-12-18-38-26-15-10-9-14-24(26)27(40-28(32)36)20-39-42(7,8)31(4,5)6/h9-10,14-17,19,27H,11-13,18,20H2,1-8H3,(H2,32,36)(H,34,37)/t27-/m1/s1. The van der Waals surface area contributed by atoms with Gasteiger partial charge in [0.05, 0.1) is 18.9 Å². The summed E-state index contributed by atoms with van der Waals surface area (Å²) in [5, 5.41) is 2.76. The highest BCUT2D eigenvalue weighted by molar-refractivity contribution is 6.74. The van der Waals surface area contributed by atoms with Gasteiger partial charge in [0.1, 0.15) is 11.4 Å². The van der Waals surface area contributed by atoms with Gasteiger partial charge in [-0.3, -0.25) is 5.32 Å². The molecule has 3 N–H and O–H groups in total. The molecule has 0 unspecified atom stereocenters. The Kier molecular flexibility index (Phi) is 12.3. The Labute approximate surface area is 250 Å². The molecular weight excluding hydrogens is 554 g/mol. The predicted octanol–water partition coefficient (Wildman–Crippen LogP) is 7.56. The van der Waals surface area contributed by atoms with Crippen LogP contribution in [0.5, 0.6) is 5.75 Å². The first-order chi connectivity index (χ1) is 19.5. The summed E-state index contributed by atoms with van der Waals surface area (Å²) in [5.41, 5.74) is 7.26. The molecule has 42 heavy (non-hydrogen) atoms. The van der Waals surface area contributed by atoms with E-state index in [1.54, 1.807) is 45.1 Å². The van der Waals surface area contributed by atoms with Gasteiger partial charge in [0.2, 0.25) is 6.08 Å². The molecule has 0 saturated heterocycles. The molecule has 0 fully saturated rings. The topological polar surface area (TPSA) is 139 Å². The number of aryl methyl sites for hydroxylation is 1. The first-order valence-electron chi connectivity index (χ1n) is 14.0. The largest absolute Gasteiger partial charge is 0.493 e. The number of primary amides is 1. The van der Waals surface area contributed by atoms with E-state index in [-0.39, 0.29) is 11.6 Å². The number of carbonyl (C=O) groups is 2. The van der Waals surface area contributed by atoms with E-state index < -0.39 is 32.2 Å². The number of isocyanates is 1. The van der Waals surface area contributed by atoms with Crippen molar-refractivity contribution < 1.29 is 33.0 Å². The number of hydrogen-bond donors (Lipinski definition) is 2. The molecule has 0 saturated carbocycles. The maximum absolute atomic E-state index is 12.3. The lowest BCUT2D eigenvalue weighted by atomic mass is 10.0. The van der Waals surface area contributed by atoms with Crippen LogP contribution in [0.1, 0.15) is 71.6 Å². The van der Waals surface area contributed by atoms with E-state index in [4.69, 9.17) is 24.4 Å². The molecule has 2 amide bonds. The van der Waals surface area contributed by atoms with E-state index in [9.17, 15) is 14.4 Å². The number of unbranched alkanes of at least 4 members (excludes halogenated alkanes) is 1. The van der Waals surface area contributed by atoms with Crippen LogP contribution in [0.25, 0.3) is 0 Å². The number of rotatable bonds is 13. The number of aliphatic imine (C=N–C) groups is 1. The van der Waals surface area contributed by atoms with Crippen LogP contribution in [0.2, 0.25) is 18.1 Å². The Morgan fingerprint density at radius 3 is 2.36 bits per heavy atom. The summed E-state index contributed by atoms with van der Waals surface area (Å²) >= 11 is 0. The zero-order valence-corrected chi connectivity index (χ0v) is 27.0. The molecule has 0 aliphatic carbocycles. The number of amides is 2. The Morgan fingerprint density at radius 1 is 1.05 bits per heavy atom. The average molecular weight is 600 g/mol. The summed E-state index contributed by atoms with van der Waals surface area (Å²) in [4.78, 5) is 38.5. The summed E-state index contributed by atoms with van der Waals surface area (Å²) in [6.45, 7) is 16.6. The van der Waals surface area contributed by atoms with E-state index in [0.717, 1.165) is 12.0 Å². The monoisotopic (exact) mass is 599 g/mol. The molecule has 0 spiro atoms. The summed E-state index contributed by atoms with van der Waals surface area (Å²) in [6, 6.07) is 12.4. The number of benzene rings is 2. The van der Waals surface area contributed by atoms with Crippen molar-refractivity contribution in [3.8, 4) is 5.75 Å². The van der Waals surface area contributed by atoms with Crippen molar-refractivity contribution in [3.05, 3.63) is 53.6 Å². The summed E-state index contributed by atoms with van der Waals surface area (Å²) < 4.78 is 23.3. The quantitative estimate of drug-likeness (QED) is 0.105. The molecule has 0 heterocycles. The second-order valence-corrected chi connectivity index (χ2v) is 17.3. The lowest BCUT2D eigenvalue weighted by Gasteiger charge is -2.37. The number of ether oxygens (including phenoxy) is 3. The number of nitrogens with zero attached hydrogens (tertiary/aromatic N) is 1. The van der Waals surface area contributed by atoms with Crippen molar-refractivity contribution in [3.63, 3.8) is 0 Å². The van der Waals surface area contributed by atoms with Crippen LogP contribution in [0.4, 0.5) is 21.0 Å². The molecule has 230 valence electrons. The molecule has 10 nitrogen and oxygen atoms in total. The van der Waals surface area contributed by atoms with Crippen LogP contribution in [0.3, 0.4) is 0 Å². The zero-order chi connectivity index (χ0) is 31.6. The van der Waals surface area contributed by atoms with Gasteiger partial charge in [-0.05, 0) is 88.0 Å². The van der Waals surface area contributed by atoms with Gasteiger partial charge in [0.15, 0.2) is 14.4 Å². The maximum Gasteiger partial charge on any atom is 0.412 e. The summed E-state index contributed by atoms with van der Waals surface area (Å²) in [7, 11) is -2.11. The number of para-hydroxylation sites is 1. The fourth-order valence-corrected chi connectivity index (χ4v) is 4.75. The molecule has 2 aromatic carbocycles. The lowest BCUT2D eigenvalue weighted by molar-refractivity contribution is 0.0633. The molecule has 2 rings (SSSR count). The van der Waals surface area contributed by atoms with Crippen molar-refractivity contribution in [1.29, 1.82) is 0 Å². The maximum atomic E-state index is 12.3. The number of nitrogens with two attached hydrogens (primary N) is 1. The van der Waals surface area contributed by atoms with Gasteiger partial charge in [-0.15, -0.1) is 0 Å². The van der Waals surface area contributed by atoms with Crippen LogP contribution >= 0.6 is 0 Å². The molecule has 0 radical (unpaired) electrons. The third-order valence-corrected chi connectivity index (χ3v) is 11.4. The van der Waals surface area contributed by atoms with Crippen LogP contribution < -0.4 is 15.8 Å². The van der Waals surface area contributed by atoms with Crippen LogP contribution in [0.15, 0.2) is 47.5 Å². The average Bonchev–Trinajstić information content (AvgIpc) is 2.86. The Bertz CT molecular complexity index is 1260. The number of nitrogens with one attached hydrogen (secondary N) is 1. The number of carbonyl (C=O) groups excluding carboxylic acids is 3. The number of anilines is 1. The highest BCUT2D eigenvalue weighted by Crippen LogP contribution is 2.38. The molecule has 0 aliphatic heterocycles. The number of hydrogen-bond acceptors (Lipinski definition) is 8.